The van der Waals surface area contributed by atoms with Crippen LogP contribution >= 0.6 is 23.4 Å². The molecule has 3 nitrogen and oxygen atoms in total. The zero-order valence-corrected chi connectivity index (χ0v) is 13.0. The highest BCUT2D eigenvalue weighted by atomic mass is 35.5. The second-order valence-electron chi connectivity index (χ2n) is 5.72. The molecule has 1 fully saturated rings. The SMILES string of the molecule is CC(C)(C)[C@@H]1OC(=O)[C@](C)(Sc2ccc(Cl)cc2)O1. The fourth-order valence-corrected chi connectivity index (χ4v) is 2.74. The van der Waals surface area contributed by atoms with Crippen LogP contribution < -0.4 is 0 Å². The zero-order valence-electron chi connectivity index (χ0n) is 11.4. The van der Waals surface area contributed by atoms with Gasteiger partial charge in [0.05, 0.1) is 0 Å². The predicted molar refractivity (Wildman–Crippen MR) is 76.1 cm³/mol. The average molecular weight is 301 g/mol. The lowest BCUT2D eigenvalue weighted by Crippen LogP contribution is -2.31. The van der Waals surface area contributed by atoms with Crippen molar-refractivity contribution in [1.29, 1.82) is 0 Å². The molecule has 0 N–H and O–H groups in total. The summed E-state index contributed by atoms with van der Waals surface area (Å²) in [6.45, 7) is 7.66. The molecule has 1 saturated heterocycles. The Morgan fingerprint density at radius 3 is 2.32 bits per heavy atom. The van der Waals surface area contributed by atoms with Gasteiger partial charge in [0.2, 0.25) is 11.2 Å². The molecule has 0 aromatic heterocycles. The Labute approximate surface area is 122 Å². The van der Waals surface area contributed by atoms with E-state index in [0.717, 1.165) is 4.90 Å². The number of esters is 1. The van der Waals surface area contributed by atoms with E-state index in [1.54, 1.807) is 19.1 Å². The van der Waals surface area contributed by atoms with Crippen LogP contribution in [-0.4, -0.2) is 17.2 Å². The number of thioether (sulfide) groups is 1. The maximum Gasteiger partial charge on any atom is 0.351 e. The molecular formula is C14H17ClO3S. The molecule has 0 unspecified atom stereocenters. The van der Waals surface area contributed by atoms with Crippen molar-refractivity contribution in [1.82, 2.24) is 0 Å². The van der Waals surface area contributed by atoms with Gasteiger partial charge in [-0.05, 0) is 31.2 Å². The molecule has 5 heteroatoms. The second-order valence-corrected chi connectivity index (χ2v) is 7.61. The van der Waals surface area contributed by atoms with Crippen molar-refractivity contribution in [3.63, 3.8) is 0 Å². The van der Waals surface area contributed by atoms with Gasteiger partial charge in [-0.2, -0.15) is 0 Å². The molecule has 1 aromatic carbocycles. The van der Waals surface area contributed by atoms with Crippen molar-refractivity contribution in [2.24, 2.45) is 5.41 Å². The van der Waals surface area contributed by atoms with Crippen LogP contribution in [0.3, 0.4) is 0 Å². The van der Waals surface area contributed by atoms with Gasteiger partial charge in [-0.15, -0.1) is 0 Å². The molecule has 0 spiro atoms. The number of hydrogen-bond donors (Lipinski definition) is 0. The van der Waals surface area contributed by atoms with Crippen molar-refractivity contribution < 1.29 is 14.3 Å². The first-order valence-corrected chi connectivity index (χ1v) is 7.24. The van der Waals surface area contributed by atoms with Crippen molar-refractivity contribution in [2.75, 3.05) is 0 Å². The number of ether oxygens (including phenoxy) is 2. The number of carbonyl (C=O) groups is 1. The highest BCUT2D eigenvalue weighted by molar-refractivity contribution is 8.01. The Bertz CT molecular complexity index is 480. The number of rotatable bonds is 2. The van der Waals surface area contributed by atoms with Crippen molar-refractivity contribution in [3.8, 4) is 0 Å². The van der Waals surface area contributed by atoms with Crippen LogP contribution in [-0.2, 0) is 14.3 Å². The van der Waals surface area contributed by atoms with Crippen LogP contribution in [0.5, 0.6) is 0 Å². The number of carbonyl (C=O) groups excluding carboxylic acids is 1. The highest BCUT2D eigenvalue weighted by Crippen LogP contribution is 2.43. The number of cyclic esters (lactones) is 1. The van der Waals surface area contributed by atoms with E-state index in [4.69, 9.17) is 21.1 Å². The van der Waals surface area contributed by atoms with Crippen LogP contribution in [0.25, 0.3) is 0 Å². The Morgan fingerprint density at radius 1 is 1.26 bits per heavy atom. The molecule has 1 aliphatic rings. The van der Waals surface area contributed by atoms with Crippen molar-refractivity contribution >= 4 is 29.3 Å². The quantitative estimate of drug-likeness (QED) is 0.771. The van der Waals surface area contributed by atoms with Crippen LogP contribution in [0.15, 0.2) is 29.2 Å². The minimum absolute atomic E-state index is 0.242. The maximum atomic E-state index is 12.0. The lowest BCUT2D eigenvalue weighted by atomic mass is 9.96. The molecule has 1 aromatic rings. The molecule has 0 aliphatic carbocycles. The first-order chi connectivity index (χ1) is 8.71. The van der Waals surface area contributed by atoms with Crippen LogP contribution in [0.2, 0.25) is 5.02 Å². The summed E-state index contributed by atoms with van der Waals surface area (Å²) < 4.78 is 11.1. The van der Waals surface area contributed by atoms with E-state index in [-0.39, 0.29) is 11.4 Å². The van der Waals surface area contributed by atoms with Crippen molar-refractivity contribution in [3.05, 3.63) is 29.3 Å². The minimum atomic E-state index is -1.01. The van der Waals surface area contributed by atoms with E-state index in [0.29, 0.717) is 5.02 Å². The summed E-state index contributed by atoms with van der Waals surface area (Å²) in [5.41, 5.74) is -0.242. The summed E-state index contributed by atoms with van der Waals surface area (Å²) in [6, 6.07) is 7.29. The van der Waals surface area contributed by atoms with Gasteiger partial charge in [0, 0.05) is 15.3 Å². The molecule has 0 radical (unpaired) electrons. The average Bonchev–Trinajstić information content (AvgIpc) is 2.59. The fraction of sp³-hybridized carbons (Fsp3) is 0.500. The summed E-state index contributed by atoms with van der Waals surface area (Å²) in [6.07, 6.45) is -0.523. The predicted octanol–water partition coefficient (Wildman–Crippen LogP) is 4.09. The summed E-state index contributed by atoms with van der Waals surface area (Å²) in [4.78, 5) is 11.9. The van der Waals surface area contributed by atoms with Gasteiger partial charge in [0.15, 0.2) is 0 Å². The van der Waals surface area contributed by atoms with Gasteiger partial charge in [-0.3, -0.25) is 0 Å². The zero-order chi connectivity index (χ0) is 14.3. The van der Waals surface area contributed by atoms with Crippen molar-refractivity contribution in [2.45, 2.75) is 43.8 Å². The molecule has 2 rings (SSSR count). The third kappa shape index (κ3) is 3.25. The maximum absolute atomic E-state index is 12.0. The third-order valence-electron chi connectivity index (χ3n) is 2.75. The first kappa shape index (κ1) is 14.7. The second kappa shape index (κ2) is 5.00. The third-order valence-corrected chi connectivity index (χ3v) is 4.16. The standard InChI is InChI=1S/C14H17ClO3S/c1-13(2,3)12-17-11(16)14(4,18-12)19-10-7-5-9(15)6-8-10/h5-8,12H,1-4H3/t12-,14+/m1/s1. The Hall–Kier alpha value is -0.710. The Balaban J connectivity index is 2.15. The van der Waals surface area contributed by atoms with Crippen LogP contribution in [0.1, 0.15) is 27.7 Å². The minimum Gasteiger partial charge on any atom is -0.432 e. The lowest BCUT2D eigenvalue weighted by molar-refractivity contribution is -0.154. The molecule has 1 heterocycles. The molecule has 2 atom stereocenters. The summed E-state index contributed by atoms with van der Waals surface area (Å²) in [5, 5.41) is 0.664. The molecule has 0 bridgehead atoms. The first-order valence-electron chi connectivity index (χ1n) is 6.04. The molecule has 0 amide bonds. The van der Waals surface area contributed by atoms with Gasteiger partial charge in [-0.25, -0.2) is 4.79 Å². The summed E-state index contributed by atoms with van der Waals surface area (Å²) in [5.74, 6) is -0.340. The smallest absolute Gasteiger partial charge is 0.351 e. The van der Waals surface area contributed by atoms with E-state index < -0.39 is 11.2 Å². The van der Waals surface area contributed by atoms with E-state index in [1.165, 1.54) is 11.8 Å². The molecule has 104 valence electrons. The van der Waals surface area contributed by atoms with Gasteiger partial charge >= 0.3 is 5.97 Å². The molecule has 19 heavy (non-hydrogen) atoms. The van der Waals surface area contributed by atoms with Crippen LogP contribution in [0.4, 0.5) is 0 Å². The topological polar surface area (TPSA) is 35.5 Å². The van der Waals surface area contributed by atoms with E-state index in [2.05, 4.69) is 0 Å². The monoisotopic (exact) mass is 300 g/mol. The molecular weight excluding hydrogens is 284 g/mol. The lowest BCUT2D eigenvalue weighted by Gasteiger charge is -2.26. The number of halogens is 1. The van der Waals surface area contributed by atoms with Gasteiger partial charge < -0.3 is 9.47 Å². The number of hydrogen-bond acceptors (Lipinski definition) is 4. The largest absolute Gasteiger partial charge is 0.432 e. The number of benzene rings is 1. The highest BCUT2D eigenvalue weighted by Gasteiger charge is 2.51. The fourth-order valence-electron chi connectivity index (χ4n) is 1.63. The van der Waals surface area contributed by atoms with Crippen LogP contribution in [0, 0.1) is 5.41 Å². The van der Waals surface area contributed by atoms with E-state index >= 15 is 0 Å². The Morgan fingerprint density at radius 2 is 1.84 bits per heavy atom. The van der Waals surface area contributed by atoms with Gasteiger partial charge in [0.25, 0.3) is 0 Å². The summed E-state index contributed by atoms with van der Waals surface area (Å²) in [7, 11) is 0. The van der Waals surface area contributed by atoms with Gasteiger partial charge in [-0.1, -0.05) is 44.1 Å². The van der Waals surface area contributed by atoms with Gasteiger partial charge in [0.1, 0.15) is 0 Å². The Kier molecular flexibility index (Phi) is 3.87. The van der Waals surface area contributed by atoms with E-state index in [1.807, 2.05) is 32.9 Å². The molecule has 1 aliphatic heterocycles. The normalized spacial score (nSPS) is 27.4. The summed E-state index contributed by atoms with van der Waals surface area (Å²) >= 11 is 7.18. The molecule has 0 saturated carbocycles. The van der Waals surface area contributed by atoms with E-state index in [9.17, 15) is 4.79 Å².